The zero-order chi connectivity index (χ0) is 35.7. The minimum atomic E-state index is -3.93. The Labute approximate surface area is 306 Å². The zero-order valence-electron chi connectivity index (χ0n) is 29.8. The molecular weight excluding hydrogens is 690 g/mol. The summed E-state index contributed by atoms with van der Waals surface area (Å²) in [5, 5.41) is -0.0126. The van der Waals surface area contributed by atoms with Crippen LogP contribution in [0.25, 0.3) is 0 Å². The second-order valence-corrected chi connectivity index (χ2v) is 18.7. The molecule has 2 aliphatic carbocycles. The normalized spacial score (nSPS) is 36.2. The van der Waals surface area contributed by atoms with E-state index in [0.29, 0.717) is 55.8 Å². The number of ether oxygens (including phenoxy) is 3. The molecular formula is C39H50ClN3O7S. The Kier molecular flexibility index (Phi) is 9.33. The van der Waals surface area contributed by atoms with Gasteiger partial charge in [0.1, 0.15) is 18.0 Å². The summed E-state index contributed by atoms with van der Waals surface area (Å²) in [6, 6.07) is 11.6. The summed E-state index contributed by atoms with van der Waals surface area (Å²) in [5.74, 6) is 0.837. The fourth-order valence-corrected chi connectivity index (χ4v) is 11.3. The highest BCUT2D eigenvalue weighted by molar-refractivity contribution is 7.90. The molecule has 1 unspecified atom stereocenters. The number of nitrogens with zero attached hydrogens (tertiary/aromatic N) is 2. The Morgan fingerprint density at radius 2 is 1.75 bits per heavy atom. The lowest BCUT2D eigenvalue weighted by atomic mass is 9.64. The van der Waals surface area contributed by atoms with Crippen LogP contribution in [0.5, 0.6) is 5.75 Å². The van der Waals surface area contributed by atoms with Crippen LogP contribution in [0.15, 0.2) is 36.4 Å². The van der Waals surface area contributed by atoms with E-state index >= 15 is 0 Å². The third-order valence-corrected chi connectivity index (χ3v) is 15.3. The van der Waals surface area contributed by atoms with Crippen LogP contribution in [0, 0.1) is 23.7 Å². The van der Waals surface area contributed by atoms with E-state index in [2.05, 4.69) is 21.8 Å². The number of amides is 2. The second kappa shape index (κ2) is 13.5. The average molecular weight is 740 g/mol. The maximum absolute atomic E-state index is 13.6. The molecule has 4 aliphatic heterocycles. The lowest BCUT2D eigenvalue weighted by molar-refractivity contribution is -0.152. The van der Waals surface area contributed by atoms with Crippen LogP contribution >= 0.6 is 11.6 Å². The van der Waals surface area contributed by atoms with Crippen LogP contribution in [-0.2, 0) is 36.1 Å². The molecule has 3 fully saturated rings. The van der Waals surface area contributed by atoms with Crippen molar-refractivity contribution in [3.05, 3.63) is 58.1 Å². The van der Waals surface area contributed by atoms with Gasteiger partial charge in [-0.3, -0.25) is 9.59 Å². The molecule has 276 valence electrons. The van der Waals surface area contributed by atoms with Crippen molar-refractivity contribution in [2.45, 2.75) is 101 Å². The topological polar surface area (TPSA) is 114 Å². The Morgan fingerprint density at radius 3 is 2.47 bits per heavy atom. The van der Waals surface area contributed by atoms with Crippen LogP contribution in [0.3, 0.4) is 0 Å². The number of aryl methyl sites for hydroxylation is 1. The predicted molar refractivity (Wildman–Crippen MR) is 195 cm³/mol. The first-order valence-electron chi connectivity index (χ1n) is 18.8. The quantitative estimate of drug-likeness (QED) is 0.397. The Balaban J connectivity index is 1.15. The minimum Gasteiger partial charge on any atom is -0.490 e. The largest absolute Gasteiger partial charge is 0.490 e. The van der Waals surface area contributed by atoms with Crippen molar-refractivity contribution in [3.8, 4) is 5.75 Å². The fraction of sp³-hybridized carbons (Fsp3) is 0.641. The number of benzene rings is 2. The molecule has 2 bridgehead atoms. The molecule has 0 aromatic heterocycles. The summed E-state index contributed by atoms with van der Waals surface area (Å²) in [6.45, 7) is 8.32. The Bertz CT molecular complexity index is 1790. The number of nitrogens with one attached hydrogen (secondary N) is 1. The summed E-state index contributed by atoms with van der Waals surface area (Å²) in [6.07, 6.45) is 6.89. The molecule has 2 aromatic rings. The number of fused-ring (bicyclic) bond motifs is 5. The number of hydrogen-bond donors (Lipinski definition) is 1. The molecule has 4 heterocycles. The van der Waals surface area contributed by atoms with Gasteiger partial charge < -0.3 is 24.0 Å². The maximum atomic E-state index is 13.6. The summed E-state index contributed by atoms with van der Waals surface area (Å²) >= 11 is 6.47. The highest BCUT2D eigenvalue weighted by atomic mass is 35.5. The summed E-state index contributed by atoms with van der Waals surface area (Å²) in [7, 11) is -3.93. The maximum Gasteiger partial charge on any atom is 0.264 e. The van der Waals surface area contributed by atoms with E-state index < -0.39 is 21.2 Å². The summed E-state index contributed by atoms with van der Waals surface area (Å²) < 4.78 is 49.4. The first-order valence-corrected chi connectivity index (χ1v) is 20.8. The van der Waals surface area contributed by atoms with E-state index in [1.54, 1.807) is 24.8 Å². The van der Waals surface area contributed by atoms with Gasteiger partial charge in [-0.2, -0.15) is 0 Å². The van der Waals surface area contributed by atoms with Crippen molar-refractivity contribution < 1.29 is 32.2 Å². The van der Waals surface area contributed by atoms with Crippen molar-refractivity contribution in [1.29, 1.82) is 0 Å². The van der Waals surface area contributed by atoms with Gasteiger partial charge in [-0.1, -0.05) is 31.0 Å². The lowest BCUT2D eigenvalue weighted by Crippen LogP contribution is -2.50. The van der Waals surface area contributed by atoms with Gasteiger partial charge in [0, 0.05) is 55.0 Å². The fourth-order valence-electron chi connectivity index (χ4n) is 9.81. The molecule has 10 nitrogen and oxygen atoms in total. The second-order valence-electron chi connectivity index (χ2n) is 16.2. The van der Waals surface area contributed by atoms with Gasteiger partial charge in [-0.25, -0.2) is 13.1 Å². The first kappa shape index (κ1) is 35.2. The van der Waals surface area contributed by atoms with Gasteiger partial charge in [0.25, 0.3) is 5.91 Å². The molecule has 12 heteroatoms. The Morgan fingerprint density at radius 1 is 0.961 bits per heavy atom. The number of carbonyl (C=O) groups is 2. The number of carbonyl (C=O) groups excluding carboxylic acids is 2. The highest BCUT2D eigenvalue weighted by Gasteiger charge is 2.51. The third kappa shape index (κ3) is 6.55. The molecule has 8 rings (SSSR count). The van der Waals surface area contributed by atoms with E-state index in [0.717, 1.165) is 62.2 Å². The molecule has 6 aliphatic rings. The van der Waals surface area contributed by atoms with Gasteiger partial charge in [0.15, 0.2) is 6.29 Å². The molecule has 51 heavy (non-hydrogen) atoms. The van der Waals surface area contributed by atoms with Crippen LogP contribution in [-0.4, -0.2) is 81.7 Å². The molecule has 2 aromatic carbocycles. The van der Waals surface area contributed by atoms with Crippen molar-refractivity contribution >= 4 is 39.1 Å². The van der Waals surface area contributed by atoms with E-state index in [1.807, 2.05) is 25.1 Å². The van der Waals surface area contributed by atoms with Gasteiger partial charge >= 0.3 is 0 Å². The summed E-state index contributed by atoms with van der Waals surface area (Å²) in [4.78, 5) is 29.9. The minimum absolute atomic E-state index is 0.0393. The van der Waals surface area contributed by atoms with Crippen LogP contribution in [0.2, 0.25) is 5.02 Å². The zero-order valence-corrected chi connectivity index (χ0v) is 31.4. The number of anilines is 1. The monoisotopic (exact) mass is 739 g/mol. The van der Waals surface area contributed by atoms with E-state index in [1.165, 1.54) is 11.1 Å². The highest BCUT2D eigenvalue weighted by Crippen LogP contribution is 2.50. The number of halogens is 1. The molecule has 1 saturated carbocycles. The van der Waals surface area contributed by atoms with Crippen molar-refractivity contribution in [2.75, 3.05) is 37.7 Å². The van der Waals surface area contributed by atoms with Gasteiger partial charge in [-0.15, -0.1) is 0 Å². The molecule has 0 radical (unpaired) electrons. The smallest absolute Gasteiger partial charge is 0.264 e. The SMILES string of the molecule is CC(=O)N1C[C@@H]2OC([C@H]3CCC[C@H](C)[C@@H](C)S(=O)(=O)NC(=O)c4ccc5c(c4)N(C[C@@H]4CC[C@H]43)C[C@@]3(CCCc4cc(Cl)ccc43)CO5)O[C@@H]2C1. The molecule has 2 amide bonds. The molecule has 2 saturated heterocycles. The first-order chi connectivity index (χ1) is 24.4. The average Bonchev–Trinajstić information content (AvgIpc) is 3.63. The lowest BCUT2D eigenvalue weighted by Gasteiger charge is -2.47. The number of sulfonamides is 1. The van der Waals surface area contributed by atoms with Gasteiger partial charge in [0.2, 0.25) is 15.9 Å². The van der Waals surface area contributed by atoms with Crippen molar-refractivity contribution in [1.82, 2.24) is 9.62 Å². The van der Waals surface area contributed by atoms with Crippen molar-refractivity contribution in [2.24, 2.45) is 23.7 Å². The summed E-state index contributed by atoms with van der Waals surface area (Å²) in [5.41, 5.74) is 3.38. The van der Waals surface area contributed by atoms with Crippen LogP contribution < -0.4 is 14.4 Å². The third-order valence-electron chi connectivity index (χ3n) is 13.1. The van der Waals surface area contributed by atoms with Gasteiger partial charge in [0.05, 0.1) is 17.5 Å². The van der Waals surface area contributed by atoms with E-state index in [9.17, 15) is 18.0 Å². The molecule has 1 N–H and O–H groups in total. The Hall–Kier alpha value is -2.86. The standard InChI is InChI=1S/C39H50ClN3O7S/c1-23-6-4-8-31(38-49-35-19-42(25(3)44)20-36(35)50-38)30-12-9-28(30)18-43-21-39(15-5-7-26-16-29(40)11-13-32(26)39)22-48-34-14-10-27(17-33(34)43)37(45)41-51(46,47)24(23)2/h10-11,13-14,16-17,23-24,28,30-31,35-36,38H,4-9,12,15,18-22H2,1-3H3,(H,41,45)/t23-,24+,28-,30+,31-,35-,36+,38?,39-/m0/s1. The molecule has 1 spiro atoms. The van der Waals surface area contributed by atoms with Gasteiger partial charge in [-0.05, 0) is 111 Å². The van der Waals surface area contributed by atoms with Crippen LogP contribution in [0.4, 0.5) is 5.69 Å². The number of rotatable bonds is 1. The number of hydrogen-bond acceptors (Lipinski definition) is 8. The van der Waals surface area contributed by atoms with E-state index in [-0.39, 0.29) is 41.7 Å². The van der Waals surface area contributed by atoms with Crippen LogP contribution in [0.1, 0.15) is 87.2 Å². The molecule has 9 atom stereocenters. The van der Waals surface area contributed by atoms with Crippen molar-refractivity contribution in [3.63, 3.8) is 0 Å². The number of likely N-dealkylation sites (tertiary alicyclic amines) is 1. The van der Waals surface area contributed by atoms with E-state index in [4.69, 9.17) is 25.8 Å². The predicted octanol–water partition coefficient (Wildman–Crippen LogP) is 5.70.